The predicted octanol–water partition coefficient (Wildman–Crippen LogP) is 2.02. The summed E-state index contributed by atoms with van der Waals surface area (Å²) in [6.45, 7) is 3.69. The molecule has 2 N–H and O–H groups in total. The molecule has 0 saturated carbocycles. The summed E-state index contributed by atoms with van der Waals surface area (Å²) in [6, 6.07) is 0. The summed E-state index contributed by atoms with van der Waals surface area (Å²) >= 11 is 0. The molecule has 0 aliphatic carbocycles. The van der Waals surface area contributed by atoms with E-state index >= 15 is 0 Å². The van der Waals surface area contributed by atoms with E-state index in [2.05, 4.69) is 12.2 Å². The van der Waals surface area contributed by atoms with Gasteiger partial charge in [-0.15, -0.1) is 0 Å². The average Bonchev–Trinajstić information content (AvgIpc) is 2.62. The zero-order chi connectivity index (χ0) is 10.4. The van der Waals surface area contributed by atoms with E-state index in [0.29, 0.717) is 6.54 Å². The number of nitrogens with one attached hydrogen (secondary N) is 1. The second kappa shape index (κ2) is 5.35. The lowest BCUT2D eigenvalue weighted by Gasteiger charge is -2.22. The quantitative estimate of drug-likeness (QED) is 0.643. The predicted molar refractivity (Wildman–Crippen MR) is 56.3 cm³/mol. The van der Waals surface area contributed by atoms with Crippen molar-refractivity contribution in [2.45, 2.75) is 45.4 Å². The van der Waals surface area contributed by atoms with Crippen molar-refractivity contribution >= 4 is 5.97 Å². The molecule has 0 aromatic heterocycles. The third-order valence-corrected chi connectivity index (χ3v) is 3.21. The molecule has 3 heteroatoms. The Morgan fingerprint density at radius 3 is 2.71 bits per heavy atom. The van der Waals surface area contributed by atoms with Gasteiger partial charge in [-0.1, -0.05) is 32.6 Å². The number of carboxylic acid groups (broad SMARTS) is 1. The van der Waals surface area contributed by atoms with Crippen molar-refractivity contribution < 1.29 is 9.90 Å². The molecule has 1 atom stereocenters. The van der Waals surface area contributed by atoms with Gasteiger partial charge >= 0.3 is 5.97 Å². The molecule has 0 amide bonds. The van der Waals surface area contributed by atoms with Gasteiger partial charge in [0, 0.05) is 6.54 Å². The fourth-order valence-electron chi connectivity index (χ4n) is 2.14. The first-order valence-electron chi connectivity index (χ1n) is 5.65. The zero-order valence-electron chi connectivity index (χ0n) is 9.01. The molecule has 0 aromatic carbocycles. The second-order valence-electron chi connectivity index (χ2n) is 4.32. The highest BCUT2D eigenvalue weighted by Gasteiger charge is 2.40. The Morgan fingerprint density at radius 2 is 2.21 bits per heavy atom. The summed E-state index contributed by atoms with van der Waals surface area (Å²) in [5.74, 6) is -0.612. The van der Waals surface area contributed by atoms with E-state index in [1.54, 1.807) is 0 Å². The smallest absolute Gasteiger partial charge is 0.310 e. The van der Waals surface area contributed by atoms with Gasteiger partial charge in [0.15, 0.2) is 0 Å². The minimum absolute atomic E-state index is 0.451. The van der Waals surface area contributed by atoms with Crippen LogP contribution in [-0.4, -0.2) is 24.2 Å². The first-order valence-corrected chi connectivity index (χ1v) is 5.65. The highest BCUT2D eigenvalue weighted by Crippen LogP contribution is 2.32. The normalized spacial score (nSPS) is 26.6. The van der Waals surface area contributed by atoms with E-state index in [-0.39, 0.29) is 0 Å². The number of carboxylic acids is 1. The van der Waals surface area contributed by atoms with Crippen molar-refractivity contribution in [3.8, 4) is 0 Å². The lowest BCUT2D eigenvalue weighted by atomic mass is 9.82. The van der Waals surface area contributed by atoms with E-state index in [4.69, 9.17) is 0 Å². The first kappa shape index (κ1) is 11.5. The number of hydrogen-bond acceptors (Lipinski definition) is 2. The lowest BCUT2D eigenvalue weighted by Crippen LogP contribution is -2.33. The molecule has 1 rings (SSSR count). The van der Waals surface area contributed by atoms with Crippen molar-refractivity contribution in [2.75, 3.05) is 13.1 Å². The van der Waals surface area contributed by atoms with Crippen molar-refractivity contribution in [1.82, 2.24) is 5.32 Å². The van der Waals surface area contributed by atoms with Crippen LogP contribution in [-0.2, 0) is 4.79 Å². The molecule has 1 heterocycles. The third-order valence-electron chi connectivity index (χ3n) is 3.21. The standard InChI is InChI=1S/C11H21NO2/c1-2-3-4-5-6-11(10(13)14)7-8-12-9-11/h12H,2-9H2,1H3,(H,13,14). The maximum absolute atomic E-state index is 11.1. The molecule has 3 nitrogen and oxygen atoms in total. The molecule has 0 spiro atoms. The maximum Gasteiger partial charge on any atom is 0.310 e. The Labute approximate surface area is 85.9 Å². The zero-order valence-corrected chi connectivity index (χ0v) is 9.01. The Bertz CT molecular complexity index is 186. The number of hydrogen-bond donors (Lipinski definition) is 2. The molecule has 1 saturated heterocycles. The number of aliphatic carboxylic acids is 1. The van der Waals surface area contributed by atoms with Crippen LogP contribution in [0.2, 0.25) is 0 Å². The van der Waals surface area contributed by atoms with Crippen molar-refractivity contribution in [3.05, 3.63) is 0 Å². The molecule has 0 radical (unpaired) electrons. The summed E-state index contributed by atoms with van der Waals surface area (Å²) < 4.78 is 0. The molecular weight excluding hydrogens is 178 g/mol. The lowest BCUT2D eigenvalue weighted by molar-refractivity contribution is -0.148. The molecule has 1 aliphatic heterocycles. The first-order chi connectivity index (χ1) is 6.71. The summed E-state index contributed by atoms with van der Waals surface area (Å²) in [4.78, 5) is 11.1. The largest absolute Gasteiger partial charge is 0.481 e. The minimum atomic E-state index is -0.612. The van der Waals surface area contributed by atoms with Gasteiger partial charge in [0.05, 0.1) is 5.41 Å². The molecule has 14 heavy (non-hydrogen) atoms. The highest BCUT2D eigenvalue weighted by molar-refractivity contribution is 5.75. The molecule has 82 valence electrons. The molecule has 0 aromatic rings. The summed E-state index contributed by atoms with van der Waals surface area (Å²) in [6.07, 6.45) is 6.30. The van der Waals surface area contributed by atoms with Gasteiger partial charge in [-0.2, -0.15) is 0 Å². The summed E-state index contributed by atoms with van der Waals surface area (Å²) in [5.41, 5.74) is -0.451. The second-order valence-corrected chi connectivity index (χ2v) is 4.32. The van der Waals surface area contributed by atoms with E-state index in [0.717, 1.165) is 25.8 Å². The Kier molecular flexibility index (Phi) is 4.39. The average molecular weight is 199 g/mol. The van der Waals surface area contributed by atoms with Crippen LogP contribution in [0, 0.1) is 5.41 Å². The molecular formula is C11H21NO2. The van der Waals surface area contributed by atoms with Gasteiger partial charge in [-0.05, 0) is 19.4 Å². The van der Waals surface area contributed by atoms with Crippen LogP contribution in [0.15, 0.2) is 0 Å². The maximum atomic E-state index is 11.1. The van der Waals surface area contributed by atoms with Gasteiger partial charge in [0.25, 0.3) is 0 Å². The highest BCUT2D eigenvalue weighted by atomic mass is 16.4. The van der Waals surface area contributed by atoms with Gasteiger partial charge in [0.1, 0.15) is 0 Å². The van der Waals surface area contributed by atoms with Crippen LogP contribution in [0.5, 0.6) is 0 Å². The van der Waals surface area contributed by atoms with Crippen molar-refractivity contribution in [1.29, 1.82) is 0 Å². The van der Waals surface area contributed by atoms with Crippen LogP contribution in [0.1, 0.15) is 45.4 Å². The summed E-state index contributed by atoms with van der Waals surface area (Å²) in [5, 5.41) is 12.3. The molecule has 0 bridgehead atoms. The van der Waals surface area contributed by atoms with E-state index in [1.165, 1.54) is 19.3 Å². The monoisotopic (exact) mass is 199 g/mol. The van der Waals surface area contributed by atoms with Crippen LogP contribution in [0.4, 0.5) is 0 Å². The van der Waals surface area contributed by atoms with Crippen molar-refractivity contribution in [3.63, 3.8) is 0 Å². The number of rotatable bonds is 6. The number of unbranched alkanes of at least 4 members (excludes halogenated alkanes) is 3. The Hall–Kier alpha value is -0.570. The van der Waals surface area contributed by atoms with Crippen LogP contribution in [0.3, 0.4) is 0 Å². The van der Waals surface area contributed by atoms with Crippen molar-refractivity contribution in [2.24, 2.45) is 5.41 Å². The van der Waals surface area contributed by atoms with Gasteiger partial charge in [0.2, 0.25) is 0 Å². The van der Waals surface area contributed by atoms with Gasteiger partial charge in [-0.25, -0.2) is 0 Å². The van der Waals surface area contributed by atoms with Gasteiger partial charge in [-0.3, -0.25) is 4.79 Å². The summed E-state index contributed by atoms with van der Waals surface area (Å²) in [7, 11) is 0. The topological polar surface area (TPSA) is 49.3 Å². The minimum Gasteiger partial charge on any atom is -0.481 e. The van der Waals surface area contributed by atoms with Gasteiger partial charge < -0.3 is 10.4 Å². The third kappa shape index (κ3) is 2.71. The van der Waals surface area contributed by atoms with E-state index in [9.17, 15) is 9.90 Å². The molecule has 1 aliphatic rings. The Morgan fingerprint density at radius 1 is 1.43 bits per heavy atom. The van der Waals surface area contributed by atoms with E-state index in [1.807, 2.05) is 0 Å². The molecule has 1 unspecified atom stereocenters. The van der Waals surface area contributed by atoms with E-state index < -0.39 is 11.4 Å². The SMILES string of the molecule is CCCCCCC1(C(=O)O)CCNC1. The van der Waals surface area contributed by atoms with Crippen LogP contribution in [0.25, 0.3) is 0 Å². The Balaban J connectivity index is 2.33. The number of carbonyl (C=O) groups is 1. The van der Waals surface area contributed by atoms with Crippen LogP contribution < -0.4 is 5.32 Å². The molecule has 1 fully saturated rings. The fraction of sp³-hybridized carbons (Fsp3) is 0.909. The fourth-order valence-corrected chi connectivity index (χ4v) is 2.14. The van der Waals surface area contributed by atoms with Crippen LogP contribution >= 0.6 is 0 Å².